The predicted octanol–water partition coefficient (Wildman–Crippen LogP) is 4.35. The number of aromatic nitrogens is 2. The van der Waals surface area contributed by atoms with Gasteiger partial charge < -0.3 is 30.9 Å². The quantitative estimate of drug-likeness (QED) is 0.290. The summed E-state index contributed by atoms with van der Waals surface area (Å²) in [6.45, 7) is 4.90. The van der Waals surface area contributed by atoms with Gasteiger partial charge in [-0.2, -0.15) is 0 Å². The first-order valence-electron chi connectivity index (χ1n) is 12.8. The van der Waals surface area contributed by atoms with E-state index in [0.29, 0.717) is 35.3 Å². The van der Waals surface area contributed by atoms with E-state index in [2.05, 4.69) is 10.6 Å². The van der Waals surface area contributed by atoms with Crippen LogP contribution in [-0.2, 0) is 10.3 Å². The molecule has 8 nitrogen and oxygen atoms in total. The molecule has 5 rings (SSSR count). The summed E-state index contributed by atoms with van der Waals surface area (Å²) in [5.41, 5.74) is 18.3. The van der Waals surface area contributed by atoms with Gasteiger partial charge in [-0.15, -0.1) is 0 Å². The third kappa shape index (κ3) is 4.80. The minimum Gasteiger partial charge on any atom is -0.400 e. The number of nitrogens with two attached hydrogens (primary N) is 3. The van der Waals surface area contributed by atoms with E-state index in [-0.39, 0.29) is 12.0 Å². The molecule has 1 aromatic carbocycles. The van der Waals surface area contributed by atoms with Crippen LogP contribution in [0.3, 0.4) is 0 Å². The van der Waals surface area contributed by atoms with E-state index in [1.54, 1.807) is 45.3 Å². The van der Waals surface area contributed by atoms with E-state index < -0.39 is 5.60 Å². The fraction of sp³-hybridized carbons (Fsp3) is 0.345. The van der Waals surface area contributed by atoms with E-state index in [1.807, 2.05) is 24.3 Å². The summed E-state index contributed by atoms with van der Waals surface area (Å²) in [5.74, 6) is 6.46. The fourth-order valence-corrected chi connectivity index (χ4v) is 5.77. The van der Waals surface area contributed by atoms with Crippen LogP contribution >= 0.6 is 11.6 Å². The topological polar surface area (TPSA) is 129 Å². The van der Waals surface area contributed by atoms with Gasteiger partial charge in [0.15, 0.2) is 0 Å². The molecule has 0 aliphatic carbocycles. The average molecular weight is 535 g/mol. The highest BCUT2D eigenvalue weighted by Crippen LogP contribution is 2.41. The molecule has 0 radical (unpaired) electrons. The van der Waals surface area contributed by atoms with Gasteiger partial charge >= 0.3 is 0 Å². The van der Waals surface area contributed by atoms with Crippen LogP contribution in [0, 0.1) is 5.92 Å². The first-order valence-corrected chi connectivity index (χ1v) is 13.2. The Kier molecular flexibility index (Phi) is 7.00. The molecule has 7 N–H and O–H groups in total. The van der Waals surface area contributed by atoms with Crippen LogP contribution in [-0.4, -0.2) is 39.9 Å². The highest BCUT2D eigenvalue weighted by molar-refractivity contribution is 6.31. The van der Waals surface area contributed by atoms with Crippen molar-refractivity contribution in [3.63, 3.8) is 0 Å². The number of benzene rings is 1. The number of aliphatic hydroxyl groups is 1. The largest absolute Gasteiger partial charge is 0.400 e. The van der Waals surface area contributed by atoms with Gasteiger partial charge in [-0.05, 0) is 68.5 Å². The lowest BCUT2D eigenvalue weighted by atomic mass is 9.88. The van der Waals surface area contributed by atoms with Crippen molar-refractivity contribution in [1.29, 1.82) is 0 Å². The van der Waals surface area contributed by atoms with E-state index in [9.17, 15) is 5.11 Å². The zero-order valence-corrected chi connectivity index (χ0v) is 22.7. The normalized spacial score (nSPS) is 25.3. The summed E-state index contributed by atoms with van der Waals surface area (Å²) in [7, 11) is 1.75. The number of allylic oxidation sites excluding steroid dienone is 6. The SMILES string of the molecule is CN(N)/C1=C(N)/C=C\C=C(Cl)/C=C(\N)C(C2CCOCC2)n2c3cc(C(C)(C)O)ccc3c3ncc1cc32. The lowest BCUT2D eigenvalue weighted by molar-refractivity contribution is 0.0546. The van der Waals surface area contributed by atoms with Crippen LogP contribution in [0.1, 0.15) is 43.9 Å². The molecule has 1 fully saturated rings. The van der Waals surface area contributed by atoms with Crippen LogP contribution < -0.4 is 17.3 Å². The van der Waals surface area contributed by atoms with Crippen molar-refractivity contribution in [2.45, 2.75) is 38.3 Å². The number of rotatable bonds is 3. The molecular weight excluding hydrogens is 500 g/mol. The number of hydrogen-bond acceptors (Lipinski definition) is 7. The fourth-order valence-electron chi connectivity index (χ4n) is 5.57. The Morgan fingerprint density at radius 1 is 1.16 bits per heavy atom. The predicted molar refractivity (Wildman–Crippen MR) is 153 cm³/mol. The molecule has 0 spiro atoms. The Bertz CT molecular complexity index is 1500. The second-order valence-electron chi connectivity index (χ2n) is 10.6. The monoisotopic (exact) mass is 534 g/mol. The Labute approximate surface area is 227 Å². The smallest absolute Gasteiger partial charge is 0.0960 e. The second kappa shape index (κ2) is 10.1. The molecule has 2 aromatic heterocycles. The molecule has 1 saturated heterocycles. The summed E-state index contributed by atoms with van der Waals surface area (Å²) >= 11 is 6.63. The molecule has 3 aromatic rings. The Morgan fingerprint density at radius 2 is 1.89 bits per heavy atom. The first kappa shape index (κ1) is 26.3. The van der Waals surface area contributed by atoms with Crippen molar-refractivity contribution in [3.8, 4) is 0 Å². The molecule has 2 aliphatic rings. The van der Waals surface area contributed by atoms with Crippen LogP contribution in [0.4, 0.5) is 0 Å². The Balaban J connectivity index is 1.93. The molecule has 2 aliphatic heterocycles. The minimum absolute atomic E-state index is 0.204. The van der Waals surface area contributed by atoms with Gasteiger partial charge in [0, 0.05) is 48.1 Å². The Hall–Kier alpha value is -3.30. The number of halogens is 1. The molecule has 0 amide bonds. The molecule has 0 saturated carbocycles. The van der Waals surface area contributed by atoms with Gasteiger partial charge in [-0.25, -0.2) is 5.84 Å². The maximum absolute atomic E-state index is 10.9. The van der Waals surface area contributed by atoms with E-state index in [1.165, 1.54) is 5.01 Å². The summed E-state index contributed by atoms with van der Waals surface area (Å²) in [6.07, 6.45) is 10.6. The van der Waals surface area contributed by atoms with E-state index in [4.69, 9.17) is 38.6 Å². The summed E-state index contributed by atoms with van der Waals surface area (Å²) in [4.78, 5) is 4.91. The van der Waals surface area contributed by atoms with Gasteiger partial charge in [0.2, 0.25) is 0 Å². The highest BCUT2D eigenvalue weighted by Gasteiger charge is 2.31. The molecule has 1 atom stereocenters. The summed E-state index contributed by atoms with van der Waals surface area (Å²) in [5, 5.41) is 13.8. The molecular formula is C29H35ClN6O2. The van der Waals surface area contributed by atoms with Gasteiger partial charge in [-0.1, -0.05) is 29.8 Å². The molecule has 38 heavy (non-hydrogen) atoms. The van der Waals surface area contributed by atoms with Gasteiger partial charge in [0.25, 0.3) is 0 Å². The molecule has 200 valence electrons. The van der Waals surface area contributed by atoms with Crippen LogP contribution in [0.25, 0.3) is 27.6 Å². The maximum atomic E-state index is 10.9. The maximum Gasteiger partial charge on any atom is 0.0960 e. The number of fused-ring (bicyclic) bond motifs is 4. The number of nitrogens with zero attached hydrogens (tertiary/aromatic N) is 3. The van der Waals surface area contributed by atoms with Gasteiger partial charge in [0.1, 0.15) is 0 Å². The Morgan fingerprint density at radius 3 is 2.58 bits per heavy atom. The number of ether oxygens (including phenoxy) is 1. The number of hydrazine groups is 1. The molecule has 2 bridgehead atoms. The highest BCUT2D eigenvalue weighted by atomic mass is 35.5. The lowest BCUT2D eigenvalue weighted by Gasteiger charge is -2.33. The average Bonchev–Trinajstić information content (AvgIpc) is 3.17. The van der Waals surface area contributed by atoms with E-state index >= 15 is 0 Å². The summed E-state index contributed by atoms with van der Waals surface area (Å²) < 4.78 is 7.95. The standard InChI is InChI=1S/C29H35ClN6O2/c1-29(2,37)19-7-8-21-24(14-19)36-25-13-18(16-34-26(21)25)27(35(3)33)22(31)6-4-5-20(30)15-23(32)28(36)17-9-11-38-12-10-17/h4-8,13-17,28,37H,9-12,31-33H2,1-3H3/b6-4-,20-5+,23-15-,27-22-. The van der Waals surface area contributed by atoms with Crippen molar-refractivity contribution in [3.05, 3.63) is 82.3 Å². The third-order valence-corrected chi connectivity index (χ3v) is 7.65. The van der Waals surface area contributed by atoms with Gasteiger partial charge in [0.05, 0.1) is 39.6 Å². The van der Waals surface area contributed by atoms with Crippen LogP contribution in [0.2, 0.25) is 0 Å². The van der Waals surface area contributed by atoms with Crippen molar-refractivity contribution in [1.82, 2.24) is 14.6 Å². The second-order valence-corrected chi connectivity index (χ2v) is 11.1. The van der Waals surface area contributed by atoms with Crippen LogP contribution in [0.5, 0.6) is 0 Å². The molecule has 1 unspecified atom stereocenters. The number of hydrogen-bond donors (Lipinski definition) is 4. The molecule has 9 heteroatoms. The minimum atomic E-state index is -1.02. The van der Waals surface area contributed by atoms with Crippen LogP contribution in [0.15, 0.2) is 71.2 Å². The lowest BCUT2D eigenvalue weighted by Crippen LogP contribution is -2.30. The van der Waals surface area contributed by atoms with Crippen molar-refractivity contribution in [2.24, 2.45) is 23.2 Å². The molecule has 4 heterocycles. The van der Waals surface area contributed by atoms with Gasteiger partial charge in [-0.3, -0.25) is 4.98 Å². The van der Waals surface area contributed by atoms with E-state index in [0.717, 1.165) is 45.9 Å². The zero-order valence-electron chi connectivity index (χ0n) is 22.0. The first-order chi connectivity index (χ1) is 18.1. The van der Waals surface area contributed by atoms with Crippen molar-refractivity contribution >= 4 is 39.2 Å². The van der Waals surface area contributed by atoms with Crippen molar-refractivity contribution < 1.29 is 9.84 Å². The zero-order chi connectivity index (χ0) is 27.2. The summed E-state index contributed by atoms with van der Waals surface area (Å²) in [6, 6.07) is 7.85. The third-order valence-electron chi connectivity index (χ3n) is 7.41. The van der Waals surface area contributed by atoms with Crippen molar-refractivity contribution in [2.75, 3.05) is 20.3 Å². The number of pyridine rings is 1.